The predicted octanol–water partition coefficient (Wildman–Crippen LogP) is 1.92. The monoisotopic (exact) mass is 270 g/mol. The molecule has 104 valence electrons. The van der Waals surface area contributed by atoms with Gasteiger partial charge in [0.1, 0.15) is 5.75 Å². The highest BCUT2D eigenvalue weighted by atomic mass is 16.5. The molecule has 2 N–H and O–H groups in total. The smallest absolute Gasteiger partial charge is 0.227 e. The summed E-state index contributed by atoms with van der Waals surface area (Å²) in [6.07, 6.45) is 3.88. The Morgan fingerprint density at radius 1 is 1.15 bits per heavy atom. The Morgan fingerprint density at radius 3 is 2.75 bits per heavy atom. The first-order chi connectivity index (χ1) is 9.85. The van der Waals surface area contributed by atoms with Gasteiger partial charge in [0, 0.05) is 24.8 Å². The first-order valence-corrected chi connectivity index (χ1v) is 6.82. The normalized spacial score (nSPS) is 14.2. The van der Waals surface area contributed by atoms with Crippen molar-refractivity contribution in [2.45, 2.75) is 12.8 Å². The zero-order valence-electron chi connectivity index (χ0n) is 11.5. The highest BCUT2D eigenvalue weighted by Crippen LogP contribution is 2.19. The molecule has 0 saturated heterocycles. The maximum atomic E-state index is 5.14. The summed E-state index contributed by atoms with van der Waals surface area (Å²) in [6.45, 7) is 1.98. The van der Waals surface area contributed by atoms with Crippen LogP contribution in [0.5, 0.6) is 5.75 Å². The number of methoxy groups -OCH3 is 1. The van der Waals surface area contributed by atoms with Crippen LogP contribution in [-0.4, -0.2) is 30.2 Å². The molecule has 1 aromatic heterocycles. The van der Waals surface area contributed by atoms with Gasteiger partial charge in [-0.15, -0.1) is 0 Å². The lowest BCUT2D eigenvalue weighted by molar-refractivity contribution is 0.415. The average Bonchev–Trinajstić information content (AvgIpc) is 2.73. The second kappa shape index (κ2) is 5.88. The van der Waals surface area contributed by atoms with Gasteiger partial charge in [-0.25, -0.2) is 9.97 Å². The molecule has 1 aliphatic heterocycles. The molecule has 20 heavy (non-hydrogen) atoms. The third-order valence-electron chi connectivity index (χ3n) is 3.41. The van der Waals surface area contributed by atoms with E-state index in [1.165, 1.54) is 5.56 Å². The Balaban J connectivity index is 1.78. The molecular weight excluding hydrogens is 252 g/mol. The van der Waals surface area contributed by atoms with Gasteiger partial charge in [-0.05, 0) is 42.8 Å². The van der Waals surface area contributed by atoms with Crippen LogP contribution in [0.15, 0.2) is 30.5 Å². The summed E-state index contributed by atoms with van der Waals surface area (Å²) >= 11 is 0. The van der Waals surface area contributed by atoms with Gasteiger partial charge in [-0.1, -0.05) is 0 Å². The van der Waals surface area contributed by atoms with Crippen LogP contribution < -0.4 is 15.4 Å². The number of benzene rings is 1. The van der Waals surface area contributed by atoms with Crippen molar-refractivity contribution in [2.24, 2.45) is 0 Å². The second-order valence-electron chi connectivity index (χ2n) is 4.77. The predicted molar refractivity (Wildman–Crippen MR) is 78.6 cm³/mol. The SMILES string of the molecule is COc1ccc(Nc2ncc3c(n2)CCNCC3)cc1. The van der Waals surface area contributed by atoms with Crippen LogP contribution in [0.4, 0.5) is 11.6 Å². The van der Waals surface area contributed by atoms with E-state index in [9.17, 15) is 0 Å². The number of nitrogens with one attached hydrogen (secondary N) is 2. The highest BCUT2D eigenvalue weighted by molar-refractivity contribution is 5.54. The maximum Gasteiger partial charge on any atom is 0.227 e. The van der Waals surface area contributed by atoms with E-state index in [0.29, 0.717) is 5.95 Å². The van der Waals surface area contributed by atoms with Gasteiger partial charge in [-0.3, -0.25) is 0 Å². The number of aromatic nitrogens is 2. The molecule has 0 aliphatic carbocycles. The molecule has 1 aliphatic rings. The fourth-order valence-corrected chi connectivity index (χ4v) is 2.29. The number of ether oxygens (including phenoxy) is 1. The van der Waals surface area contributed by atoms with Gasteiger partial charge in [0.05, 0.1) is 12.8 Å². The van der Waals surface area contributed by atoms with Crippen LogP contribution in [0.1, 0.15) is 11.3 Å². The maximum absolute atomic E-state index is 5.14. The summed E-state index contributed by atoms with van der Waals surface area (Å²) in [6, 6.07) is 7.73. The Labute approximate surface area is 118 Å². The number of hydrogen-bond donors (Lipinski definition) is 2. The topological polar surface area (TPSA) is 59.1 Å². The van der Waals surface area contributed by atoms with Crippen molar-refractivity contribution in [1.29, 1.82) is 0 Å². The molecule has 0 radical (unpaired) electrons. The Morgan fingerprint density at radius 2 is 1.95 bits per heavy atom. The molecule has 0 saturated carbocycles. The zero-order chi connectivity index (χ0) is 13.8. The number of rotatable bonds is 3. The highest BCUT2D eigenvalue weighted by Gasteiger charge is 2.10. The molecule has 0 amide bonds. The van der Waals surface area contributed by atoms with Crippen molar-refractivity contribution in [3.63, 3.8) is 0 Å². The third-order valence-corrected chi connectivity index (χ3v) is 3.41. The van der Waals surface area contributed by atoms with E-state index < -0.39 is 0 Å². The minimum atomic E-state index is 0.649. The molecule has 2 aromatic rings. The fourth-order valence-electron chi connectivity index (χ4n) is 2.29. The number of fused-ring (bicyclic) bond motifs is 1. The van der Waals surface area contributed by atoms with Gasteiger partial charge >= 0.3 is 0 Å². The quantitative estimate of drug-likeness (QED) is 0.892. The number of hydrogen-bond acceptors (Lipinski definition) is 5. The minimum Gasteiger partial charge on any atom is -0.497 e. The van der Waals surface area contributed by atoms with E-state index >= 15 is 0 Å². The minimum absolute atomic E-state index is 0.649. The summed E-state index contributed by atoms with van der Waals surface area (Å²) in [7, 11) is 1.66. The van der Waals surface area contributed by atoms with E-state index in [1.807, 2.05) is 30.5 Å². The standard InChI is InChI=1S/C15H18N4O/c1-20-13-4-2-12(3-5-13)18-15-17-10-11-6-8-16-9-7-14(11)19-15/h2-5,10,16H,6-9H2,1H3,(H,17,18,19). The van der Waals surface area contributed by atoms with Crippen LogP contribution >= 0.6 is 0 Å². The molecule has 3 rings (SSSR count). The summed E-state index contributed by atoms with van der Waals surface area (Å²) < 4.78 is 5.14. The zero-order valence-corrected chi connectivity index (χ0v) is 11.5. The van der Waals surface area contributed by atoms with E-state index in [4.69, 9.17) is 4.74 Å². The van der Waals surface area contributed by atoms with E-state index in [1.54, 1.807) is 7.11 Å². The van der Waals surface area contributed by atoms with Crippen LogP contribution in [-0.2, 0) is 12.8 Å². The van der Waals surface area contributed by atoms with Gasteiger partial charge in [-0.2, -0.15) is 0 Å². The van der Waals surface area contributed by atoms with Crippen molar-refractivity contribution in [3.05, 3.63) is 41.7 Å². The molecule has 1 aromatic carbocycles. The van der Waals surface area contributed by atoms with Crippen molar-refractivity contribution in [2.75, 3.05) is 25.5 Å². The largest absolute Gasteiger partial charge is 0.497 e. The molecule has 0 fully saturated rings. The van der Waals surface area contributed by atoms with Crippen molar-refractivity contribution in [3.8, 4) is 5.75 Å². The lowest BCUT2D eigenvalue weighted by atomic mass is 10.1. The molecule has 0 atom stereocenters. The summed E-state index contributed by atoms with van der Waals surface area (Å²) in [4.78, 5) is 9.01. The Kier molecular flexibility index (Phi) is 3.78. The van der Waals surface area contributed by atoms with Gasteiger partial charge in [0.2, 0.25) is 5.95 Å². The van der Waals surface area contributed by atoms with E-state index in [0.717, 1.165) is 43.1 Å². The first-order valence-electron chi connectivity index (χ1n) is 6.82. The van der Waals surface area contributed by atoms with E-state index in [-0.39, 0.29) is 0 Å². The van der Waals surface area contributed by atoms with Crippen LogP contribution in [0.3, 0.4) is 0 Å². The summed E-state index contributed by atoms with van der Waals surface area (Å²) in [5.41, 5.74) is 3.34. The summed E-state index contributed by atoms with van der Waals surface area (Å²) in [5, 5.41) is 6.60. The summed E-state index contributed by atoms with van der Waals surface area (Å²) in [5.74, 6) is 1.49. The van der Waals surface area contributed by atoms with Gasteiger partial charge < -0.3 is 15.4 Å². The van der Waals surface area contributed by atoms with Crippen molar-refractivity contribution < 1.29 is 4.74 Å². The molecule has 0 unspecified atom stereocenters. The van der Waals surface area contributed by atoms with Crippen LogP contribution in [0, 0.1) is 0 Å². The van der Waals surface area contributed by atoms with Crippen LogP contribution in [0.25, 0.3) is 0 Å². The third kappa shape index (κ3) is 2.88. The van der Waals surface area contributed by atoms with Gasteiger partial charge in [0.25, 0.3) is 0 Å². The molecular formula is C15H18N4O. The molecule has 0 spiro atoms. The molecule has 5 heteroatoms. The van der Waals surface area contributed by atoms with Crippen molar-refractivity contribution in [1.82, 2.24) is 15.3 Å². The molecule has 0 bridgehead atoms. The number of nitrogens with zero attached hydrogens (tertiary/aromatic N) is 2. The van der Waals surface area contributed by atoms with E-state index in [2.05, 4.69) is 20.6 Å². The lowest BCUT2D eigenvalue weighted by Crippen LogP contribution is -2.16. The average molecular weight is 270 g/mol. The number of anilines is 2. The second-order valence-corrected chi connectivity index (χ2v) is 4.77. The van der Waals surface area contributed by atoms with Gasteiger partial charge in [0.15, 0.2) is 0 Å². The lowest BCUT2D eigenvalue weighted by Gasteiger charge is -2.09. The fraction of sp³-hybridized carbons (Fsp3) is 0.333. The Hall–Kier alpha value is -2.14. The first kappa shape index (κ1) is 12.9. The molecule has 2 heterocycles. The van der Waals surface area contributed by atoms with Crippen molar-refractivity contribution >= 4 is 11.6 Å². The molecule has 5 nitrogen and oxygen atoms in total. The Bertz CT molecular complexity index is 583. The van der Waals surface area contributed by atoms with Crippen LogP contribution in [0.2, 0.25) is 0 Å².